The Balaban J connectivity index is 1.48. The minimum atomic E-state index is -1.62. The van der Waals surface area contributed by atoms with Gasteiger partial charge < -0.3 is 29.9 Å². The molecule has 4 aromatic rings. The van der Waals surface area contributed by atoms with Crippen molar-refractivity contribution in [2.75, 3.05) is 12.8 Å². The average molecular weight is 459 g/mol. The van der Waals surface area contributed by atoms with E-state index in [1.54, 1.807) is 36.5 Å². The van der Waals surface area contributed by atoms with E-state index in [1.807, 2.05) is 0 Å². The Hall–Kier alpha value is -5.05. The van der Waals surface area contributed by atoms with Gasteiger partial charge in [-0.3, -0.25) is 10.1 Å². The molecule has 0 radical (unpaired) electrons. The third kappa shape index (κ3) is 3.61. The number of hydrogen-bond acceptors (Lipinski definition) is 9. The Labute approximate surface area is 191 Å². The number of carbonyl (C=O) groups is 2. The molecule has 1 aliphatic heterocycles. The first-order chi connectivity index (χ1) is 16.4. The predicted molar refractivity (Wildman–Crippen MR) is 118 cm³/mol. The SMILES string of the molecule is COc1ccc2cn(C[C@@]3(C#Cc4ccc(-c5nnc(N)o5)nc4)NC(=O)NC3=O)c(O)c2c1. The van der Waals surface area contributed by atoms with Crippen molar-refractivity contribution in [2.45, 2.75) is 12.1 Å². The van der Waals surface area contributed by atoms with E-state index < -0.39 is 17.5 Å². The van der Waals surface area contributed by atoms with Crippen LogP contribution in [0.15, 0.2) is 47.1 Å². The van der Waals surface area contributed by atoms with Crippen LogP contribution in [0.25, 0.3) is 22.4 Å². The van der Waals surface area contributed by atoms with E-state index >= 15 is 0 Å². The summed E-state index contributed by atoms with van der Waals surface area (Å²) in [5, 5.41) is 24.1. The zero-order valence-electron chi connectivity index (χ0n) is 17.7. The number of nitrogen functional groups attached to an aromatic ring is 1. The molecule has 5 rings (SSSR count). The molecule has 3 amide bonds. The quantitative estimate of drug-likeness (QED) is 0.257. The number of hydrogen-bond donors (Lipinski definition) is 4. The Morgan fingerprint density at radius 3 is 2.76 bits per heavy atom. The molecule has 1 aromatic carbocycles. The van der Waals surface area contributed by atoms with Gasteiger partial charge >= 0.3 is 12.0 Å². The van der Waals surface area contributed by atoms with Crippen molar-refractivity contribution in [3.05, 3.63) is 48.3 Å². The van der Waals surface area contributed by atoms with Gasteiger partial charge in [0.15, 0.2) is 5.88 Å². The van der Waals surface area contributed by atoms with Crippen LogP contribution in [0.3, 0.4) is 0 Å². The number of ether oxygens (including phenoxy) is 1. The van der Waals surface area contributed by atoms with Gasteiger partial charge in [-0.15, -0.1) is 5.10 Å². The molecular weight excluding hydrogens is 442 g/mol. The highest BCUT2D eigenvalue weighted by molar-refractivity contribution is 6.09. The summed E-state index contributed by atoms with van der Waals surface area (Å²) in [6, 6.07) is 7.70. The maximum Gasteiger partial charge on any atom is 0.323 e. The van der Waals surface area contributed by atoms with Gasteiger partial charge in [0, 0.05) is 28.7 Å². The molecule has 12 heteroatoms. The molecule has 0 unspecified atom stereocenters. The first-order valence-corrected chi connectivity index (χ1v) is 9.95. The zero-order valence-corrected chi connectivity index (χ0v) is 17.7. The van der Waals surface area contributed by atoms with Crippen LogP contribution in [0.5, 0.6) is 11.6 Å². The van der Waals surface area contributed by atoms with Gasteiger partial charge in [-0.25, -0.2) is 9.78 Å². The molecular formula is C22H17N7O5. The van der Waals surface area contributed by atoms with Gasteiger partial charge in [0.1, 0.15) is 11.4 Å². The summed E-state index contributed by atoms with van der Waals surface area (Å²) in [4.78, 5) is 28.9. The fourth-order valence-corrected chi connectivity index (χ4v) is 3.57. The zero-order chi connectivity index (χ0) is 23.9. The third-order valence-electron chi connectivity index (χ3n) is 5.26. The number of amides is 3. The van der Waals surface area contributed by atoms with Crippen LogP contribution >= 0.6 is 0 Å². The van der Waals surface area contributed by atoms with Gasteiger partial charge in [0.2, 0.25) is 5.54 Å². The van der Waals surface area contributed by atoms with E-state index in [1.165, 1.54) is 17.9 Å². The first kappa shape index (κ1) is 20.8. The normalized spacial score (nSPS) is 17.2. The number of methoxy groups -OCH3 is 1. The molecule has 1 fully saturated rings. The molecule has 34 heavy (non-hydrogen) atoms. The monoisotopic (exact) mass is 459 g/mol. The van der Waals surface area contributed by atoms with E-state index in [-0.39, 0.29) is 24.3 Å². The summed E-state index contributed by atoms with van der Waals surface area (Å²) < 4.78 is 11.8. The van der Waals surface area contributed by atoms with Crippen LogP contribution in [0.1, 0.15) is 5.56 Å². The van der Waals surface area contributed by atoms with Gasteiger partial charge in [-0.05, 0) is 30.3 Å². The van der Waals surface area contributed by atoms with Gasteiger partial charge in [0.25, 0.3) is 11.8 Å². The van der Waals surface area contributed by atoms with Crippen molar-refractivity contribution in [1.82, 2.24) is 30.4 Å². The lowest BCUT2D eigenvalue weighted by Crippen LogP contribution is -2.49. The summed E-state index contributed by atoms with van der Waals surface area (Å²) in [5.74, 6) is 5.70. The number of carbonyl (C=O) groups excluding carboxylic acids is 2. The van der Waals surface area contributed by atoms with Crippen molar-refractivity contribution >= 4 is 28.7 Å². The lowest BCUT2D eigenvalue weighted by molar-refractivity contribution is -0.122. The number of urea groups is 1. The molecule has 12 nitrogen and oxygen atoms in total. The predicted octanol–water partition coefficient (Wildman–Crippen LogP) is 1.01. The molecule has 1 saturated heterocycles. The van der Waals surface area contributed by atoms with Crippen LogP contribution in [-0.4, -0.2) is 49.4 Å². The number of aromatic hydroxyl groups is 1. The number of nitrogens with two attached hydrogens (primary N) is 1. The molecule has 0 saturated carbocycles. The highest BCUT2D eigenvalue weighted by atomic mass is 16.5. The van der Waals surface area contributed by atoms with Crippen LogP contribution in [0.2, 0.25) is 0 Å². The van der Waals surface area contributed by atoms with E-state index in [9.17, 15) is 14.7 Å². The van der Waals surface area contributed by atoms with E-state index in [2.05, 4.69) is 37.7 Å². The number of fused-ring (bicyclic) bond motifs is 1. The van der Waals surface area contributed by atoms with E-state index in [4.69, 9.17) is 14.9 Å². The Kier molecular flexibility index (Phi) is 4.79. The molecule has 4 heterocycles. The van der Waals surface area contributed by atoms with Gasteiger partial charge in [-0.2, -0.15) is 0 Å². The molecule has 0 aliphatic carbocycles. The summed E-state index contributed by atoms with van der Waals surface area (Å²) in [6.45, 7) is -0.132. The lowest BCUT2D eigenvalue weighted by atomic mass is 10.00. The standard InChI is InChI=1S/C22H17N7O5/c1-33-14-4-3-13-10-29(18(30)15(13)8-14)11-22(19(31)25-21(32)26-22)7-6-12-2-5-16(24-9-12)17-27-28-20(23)34-17/h2-5,8-10,30H,11H2,1H3,(H2,23,28)(H2,25,26,31,32)/t22-/m1/s1. The third-order valence-corrected chi connectivity index (χ3v) is 5.26. The molecule has 3 aromatic heterocycles. The van der Waals surface area contributed by atoms with Crippen LogP contribution < -0.4 is 21.1 Å². The number of benzene rings is 1. The van der Waals surface area contributed by atoms with Crippen molar-refractivity contribution in [3.8, 4) is 35.1 Å². The molecule has 5 N–H and O–H groups in total. The van der Waals surface area contributed by atoms with Gasteiger partial charge in [0.05, 0.1) is 13.7 Å². The number of nitrogens with zero attached hydrogens (tertiary/aromatic N) is 4. The Morgan fingerprint density at radius 1 is 1.26 bits per heavy atom. The summed E-state index contributed by atoms with van der Waals surface area (Å²) in [6.07, 6.45) is 3.12. The largest absolute Gasteiger partial charge is 0.497 e. The topological polar surface area (TPSA) is 170 Å². The number of anilines is 1. The number of pyridine rings is 1. The van der Waals surface area contributed by atoms with Crippen molar-refractivity contribution in [3.63, 3.8) is 0 Å². The minimum absolute atomic E-state index is 0.0787. The summed E-state index contributed by atoms with van der Waals surface area (Å²) in [5.41, 5.74) is 4.68. The second-order valence-corrected chi connectivity index (χ2v) is 7.47. The van der Waals surface area contributed by atoms with E-state index in [0.717, 1.165) is 5.39 Å². The maximum atomic E-state index is 12.7. The molecule has 1 atom stereocenters. The van der Waals surface area contributed by atoms with E-state index in [0.29, 0.717) is 22.4 Å². The second kappa shape index (κ2) is 7.82. The van der Waals surface area contributed by atoms with Crippen LogP contribution in [-0.2, 0) is 11.3 Å². The maximum absolute atomic E-state index is 12.7. The minimum Gasteiger partial charge on any atom is -0.497 e. The Morgan fingerprint density at radius 2 is 2.12 bits per heavy atom. The highest BCUT2D eigenvalue weighted by Gasteiger charge is 2.46. The molecule has 170 valence electrons. The lowest BCUT2D eigenvalue weighted by Gasteiger charge is -2.20. The van der Waals surface area contributed by atoms with Crippen LogP contribution in [0, 0.1) is 11.8 Å². The molecule has 1 aliphatic rings. The van der Waals surface area contributed by atoms with Crippen molar-refractivity contribution in [2.24, 2.45) is 0 Å². The summed E-state index contributed by atoms with van der Waals surface area (Å²) in [7, 11) is 1.52. The number of nitrogens with one attached hydrogen (secondary N) is 2. The fourth-order valence-electron chi connectivity index (χ4n) is 3.57. The number of rotatable bonds is 4. The highest BCUT2D eigenvalue weighted by Crippen LogP contribution is 2.32. The second-order valence-electron chi connectivity index (χ2n) is 7.47. The van der Waals surface area contributed by atoms with Crippen molar-refractivity contribution < 1.29 is 23.8 Å². The number of aromatic nitrogens is 4. The molecule has 0 bridgehead atoms. The van der Waals surface area contributed by atoms with Gasteiger partial charge in [-0.1, -0.05) is 16.9 Å². The first-order valence-electron chi connectivity index (χ1n) is 9.95. The summed E-state index contributed by atoms with van der Waals surface area (Å²) >= 11 is 0. The number of imide groups is 1. The Bertz CT molecular complexity index is 1500. The van der Waals surface area contributed by atoms with Crippen molar-refractivity contribution in [1.29, 1.82) is 0 Å². The van der Waals surface area contributed by atoms with Crippen LogP contribution in [0.4, 0.5) is 10.8 Å². The fraction of sp³-hybridized carbons (Fsp3) is 0.136. The smallest absolute Gasteiger partial charge is 0.323 e. The average Bonchev–Trinajstić information content (AvgIpc) is 3.48. The molecule has 0 spiro atoms.